The van der Waals surface area contributed by atoms with Gasteiger partial charge in [-0.15, -0.1) is 22.7 Å². The fourth-order valence-corrected chi connectivity index (χ4v) is 19.0. The first kappa shape index (κ1) is 80.8. The van der Waals surface area contributed by atoms with Gasteiger partial charge in [-0.1, -0.05) is 0 Å². The van der Waals surface area contributed by atoms with Crippen molar-refractivity contribution in [3.8, 4) is 62.2 Å². The number of hydrogen-bond donors (Lipinski definition) is 8. The van der Waals surface area contributed by atoms with Gasteiger partial charge in [0, 0.05) is 216 Å². The third-order valence-corrected chi connectivity index (χ3v) is 25.4. The zero-order valence-electron chi connectivity index (χ0n) is 69.0. The Labute approximate surface area is 743 Å². The van der Waals surface area contributed by atoms with E-state index in [4.69, 9.17) is 4.74 Å². The highest BCUT2D eigenvalue weighted by molar-refractivity contribution is 7.21. The average Bonchev–Trinajstić information content (AvgIpc) is 1.65. The highest BCUT2D eigenvalue weighted by Crippen LogP contribution is 2.39. The van der Waals surface area contributed by atoms with E-state index in [1.807, 2.05) is 205 Å². The van der Waals surface area contributed by atoms with Gasteiger partial charge in [-0.05, 0) is 116 Å². The first-order valence-electron chi connectivity index (χ1n) is 40.7. The number of ether oxygens (including phenoxy) is 1. The Morgan fingerprint density at radius 1 is 0.394 bits per heavy atom. The summed E-state index contributed by atoms with van der Waals surface area (Å²) in [5.41, 5.74) is 18.9. The Morgan fingerprint density at radius 2 is 0.866 bits per heavy atom. The van der Waals surface area contributed by atoms with Gasteiger partial charge in [0.2, 0.25) is 5.88 Å². The number of pyridine rings is 1. The SMILES string of the molecule is Cn1cc(-c2cnc3c(Nc4cc(C5CCNCC5)ns4)nccn23)cn1.Cn1cc(-c2cnc3c(Nc4ccnc(O[C@H]5CCNC5)c4)nccn23)cn1.Cn1cc(-c2cnc3c(Nc4cncs4)nccn23)cn1.Cn1cc(-c2cnc3c(Nc4snc5sccc45)nccn23)cn1.Cn1cc(-c2cnc3c(Nc4sncc4C4CCCNC4)nccn23)cn1. The van der Waals surface area contributed by atoms with Gasteiger partial charge < -0.3 is 47.3 Å². The van der Waals surface area contributed by atoms with Crippen molar-refractivity contribution in [2.75, 3.05) is 65.9 Å². The van der Waals surface area contributed by atoms with Gasteiger partial charge in [-0.25, -0.2) is 54.8 Å². The van der Waals surface area contributed by atoms with E-state index in [1.54, 1.807) is 83.6 Å². The Bertz CT molecular complexity index is 7300. The van der Waals surface area contributed by atoms with Crippen LogP contribution in [0.15, 0.2) is 209 Å². The Kier molecular flexibility index (Phi) is 23.1. The normalized spacial score (nSPS) is 14.7. The average molecular weight is 1790 g/mol. The quantitative estimate of drug-likeness (QED) is 0.0373. The number of rotatable bonds is 19. The van der Waals surface area contributed by atoms with Gasteiger partial charge in [-0.2, -0.15) is 38.6 Å². The number of imidazole rings is 5. The summed E-state index contributed by atoms with van der Waals surface area (Å²) < 4.78 is 38.4. The van der Waals surface area contributed by atoms with E-state index in [1.165, 1.54) is 70.0 Å². The molecule has 24 rings (SSSR count). The summed E-state index contributed by atoms with van der Waals surface area (Å²) in [6.45, 7) is 6.06. The van der Waals surface area contributed by atoms with Crippen LogP contribution in [0, 0.1) is 0 Å². The van der Waals surface area contributed by atoms with Crippen LogP contribution < -0.4 is 47.3 Å². The lowest BCUT2D eigenvalue weighted by atomic mass is 9.94. The van der Waals surface area contributed by atoms with Crippen molar-refractivity contribution in [1.82, 2.24) is 160 Å². The molecule has 3 aliphatic heterocycles. The predicted molar refractivity (Wildman–Crippen MR) is 492 cm³/mol. The number of anilines is 10. The van der Waals surface area contributed by atoms with Crippen LogP contribution in [0.2, 0.25) is 0 Å². The summed E-state index contributed by atoms with van der Waals surface area (Å²) in [4.78, 5) is 54.4. The lowest BCUT2D eigenvalue weighted by Gasteiger charge is -2.22. The number of thiophene rings is 1. The lowest BCUT2D eigenvalue weighted by molar-refractivity contribution is 0.214. The first-order valence-corrected chi connectivity index (χ1v) is 44.8. The van der Waals surface area contributed by atoms with E-state index in [0.29, 0.717) is 35.2 Å². The van der Waals surface area contributed by atoms with Crippen molar-refractivity contribution in [2.24, 2.45) is 35.2 Å². The van der Waals surface area contributed by atoms with Crippen molar-refractivity contribution in [3.63, 3.8) is 0 Å². The molecule has 3 fully saturated rings. The summed E-state index contributed by atoms with van der Waals surface area (Å²) in [6.07, 6.45) is 57.9. The molecule has 0 aromatic carbocycles. The lowest BCUT2D eigenvalue weighted by Crippen LogP contribution is -2.28. The van der Waals surface area contributed by atoms with Gasteiger partial charge in [0.1, 0.15) is 30.9 Å². The molecule has 39 nitrogen and oxygen atoms in total. The molecule has 1 unspecified atom stereocenters. The summed E-state index contributed by atoms with van der Waals surface area (Å²) in [5.74, 6) is 5.19. The third kappa shape index (κ3) is 17.6. The van der Waals surface area contributed by atoms with E-state index in [9.17, 15) is 0 Å². The van der Waals surface area contributed by atoms with Crippen LogP contribution in [0.4, 0.5) is 54.8 Å². The molecule has 0 radical (unpaired) electrons. The maximum absolute atomic E-state index is 5.94. The molecule has 640 valence electrons. The summed E-state index contributed by atoms with van der Waals surface area (Å²) in [6, 6.07) is 7.99. The van der Waals surface area contributed by atoms with Crippen LogP contribution in [0.25, 0.3) is 94.7 Å². The van der Waals surface area contributed by atoms with Crippen LogP contribution in [-0.2, 0) is 35.2 Å². The minimum Gasteiger partial charge on any atom is -0.473 e. The van der Waals surface area contributed by atoms with Crippen molar-refractivity contribution in [1.29, 1.82) is 0 Å². The van der Waals surface area contributed by atoms with Crippen LogP contribution in [-0.4, -0.2) is 189 Å². The molecule has 44 heteroatoms. The van der Waals surface area contributed by atoms with Crippen LogP contribution in [0.3, 0.4) is 0 Å². The smallest absolute Gasteiger partial charge is 0.215 e. The fraction of sp³-hybridized carbons (Fsp3) is 0.229. The molecule has 3 saturated heterocycles. The zero-order chi connectivity index (χ0) is 85.7. The number of fused-ring (bicyclic) bond motifs is 6. The number of aromatic nitrogens is 30. The molecule has 24 heterocycles. The molecular weight excluding hydrogens is 1710 g/mol. The standard InChI is InChI=1S/C19H20N8O.2C18H20N8S.C15H11N7S2.C13H11N7S/c1-26-12-13(9-24-26)16-11-23-19-18(22-6-7-27(16)19)25-14-2-5-21-17(8-14)28-15-3-4-20-10-15;1-25-11-13(9-22-25)15-10-21-18-17(20-6-7-26(15)18)23-16-8-14(24-27-16)12-2-4-19-5-3-12;1-25-11-13(8-22-25)15-10-21-17-16(20-5-6-26(15)17)24-18-14(9-23-27-18)12-3-2-4-19-7-12;1-21-8-9(6-18-21)11-7-17-13-12(16-3-4-22(11)13)19-14-10-2-5-23-15(10)20-24-14;1-19-7-9(4-17-19)10-5-16-13-12(15-2-3-20(10)13)18-11-6-14-8-21-11/h2,5-9,11-12,15,20H,3-4,10H2,1H3,(H,21,22,25);6-12,19H,2-5H2,1H3,(H,20,23);5-6,8-12,19H,2-4,7H2,1H3,(H,20,24);2-8H,1H3,(H,16,19);2-8H,1H3,(H,15,18)/t15-;;;;/m0..../s1. The molecule has 0 aliphatic carbocycles. The Hall–Kier alpha value is -14.5. The molecule has 21 aromatic heterocycles. The summed E-state index contributed by atoms with van der Waals surface area (Å²) in [7, 11) is 9.51. The minimum absolute atomic E-state index is 0.165. The number of hydrogen-bond acceptors (Lipinski definition) is 34. The van der Waals surface area contributed by atoms with Gasteiger partial charge in [0.25, 0.3) is 0 Å². The summed E-state index contributed by atoms with van der Waals surface area (Å²) in [5, 5.41) is 55.3. The number of aryl methyl sites for hydroxylation is 5. The molecule has 21 aromatic rings. The molecule has 3 aliphatic rings. The van der Waals surface area contributed by atoms with Crippen LogP contribution >= 0.6 is 57.3 Å². The van der Waals surface area contributed by atoms with Gasteiger partial charge in [0.05, 0.1) is 108 Å². The van der Waals surface area contributed by atoms with E-state index in [-0.39, 0.29) is 6.10 Å². The predicted octanol–water partition coefficient (Wildman–Crippen LogP) is 13.5. The van der Waals surface area contributed by atoms with E-state index < -0.39 is 0 Å². The van der Waals surface area contributed by atoms with Gasteiger partial charge >= 0.3 is 0 Å². The highest BCUT2D eigenvalue weighted by Gasteiger charge is 2.26. The maximum Gasteiger partial charge on any atom is 0.215 e. The number of thiazole rings is 1. The van der Waals surface area contributed by atoms with Crippen molar-refractivity contribution < 1.29 is 4.74 Å². The summed E-state index contributed by atoms with van der Waals surface area (Å²) >= 11 is 7.55. The highest BCUT2D eigenvalue weighted by atomic mass is 32.1. The zero-order valence-corrected chi connectivity index (χ0v) is 73.1. The third-order valence-electron chi connectivity index (χ3n) is 21.6. The molecule has 0 amide bonds. The number of piperidine rings is 2. The first-order chi connectivity index (χ1) is 62.4. The topological polar surface area (TPSA) is 410 Å². The maximum atomic E-state index is 5.94. The second-order valence-corrected chi connectivity index (χ2v) is 34.3. The van der Waals surface area contributed by atoms with Crippen LogP contribution in [0.5, 0.6) is 5.88 Å². The minimum atomic E-state index is 0.165. The fourth-order valence-electron chi connectivity index (χ4n) is 15.4. The molecular formula is C83H82N38OS5. The van der Waals surface area contributed by atoms with Gasteiger partial charge in [-0.3, -0.25) is 50.4 Å². The molecule has 8 N–H and O–H groups in total. The van der Waals surface area contributed by atoms with Crippen LogP contribution in [0.1, 0.15) is 55.2 Å². The Balaban J connectivity index is 0.000000100. The van der Waals surface area contributed by atoms with E-state index in [0.717, 1.165) is 191 Å². The number of nitrogens with one attached hydrogen (secondary N) is 8. The van der Waals surface area contributed by atoms with E-state index >= 15 is 0 Å². The molecule has 0 saturated carbocycles. The monoisotopic (exact) mass is 1790 g/mol. The number of nitrogens with zero attached hydrogens (tertiary/aromatic N) is 30. The second-order valence-electron chi connectivity index (χ2n) is 30.1. The van der Waals surface area contributed by atoms with Gasteiger partial charge in [0.15, 0.2) is 57.3 Å². The van der Waals surface area contributed by atoms with Crippen molar-refractivity contribution in [3.05, 3.63) is 220 Å². The van der Waals surface area contributed by atoms with Crippen molar-refractivity contribution >= 4 is 151 Å². The molecule has 127 heavy (non-hydrogen) atoms. The Morgan fingerprint density at radius 3 is 1.32 bits per heavy atom. The molecule has 2 atom stereocenters. The largest absolute Gasteiger partial charge is 0.473 e. The second kappa shape index (κ2) is 36.3. The molecule has 0 spiro atoms. The van der Waals surface area contributed by atoms with Crippen molar-refractivity contribution in [2.45, 2.75) is 50.0 Å². The van der Waals surface area contributed by atoms with E-state index in [2.05, 4.69) is 153 Å². The molecule has 0 bridgehead atoms.